The summed E-state index contributed by atoms with van der Waals surface area (Å²) in [6, 6.07) is 12.6. The average molecular weight is 449 g/mol. The second-order valence-electron chi connectivity index (χ2n) is 8.71. The number of nitrogens with zero attached hydrogens (tertiary/aromatic N) is 4. The molecule has 0 saturated carbocycles. The first kappa shape index (κ1) is 21.7. The summed E-state index contributed by atoms with van der Waals surface area (Å²) < 4.78 is 11.5. The summed E-state index contributed by atoms with van der Waals surface area (Å²) in [7, 11) is 1.67. The highest BCUT2D eigenvalue weighted by atomic mass is 16.5. The van der Waals surface area contributed by atoms with E-state index < -0.39 is 0 Å². The van der Waals surface area contributed by atoms with Gasteiger partial charge in [0.2, 0.25) is 0 Å². The molecule has 0 bridgehead atoms. The number of anilines is 1. The van der Waals surface area contributed by atoms with Crippen LogP contribution >= 0.6 is 0 Å². The predicted molar refractivity (Wildman–Crippen MR) is 132 cm³/mol. The van der Waals surface area contributed by atoms with Crippen LogP contribution in [-0.2, 0) is 4.74 Å². The number of methoxy groups -OCH3 is 1. The van der Waals surface area contributed by atoms with Crippen LogP contribution in [0.5, 0.6) is 5.75 Å². The Morgan fingerprint density at radius 2 is 2.00 bits per heavy atom. The van der Waals surface area contributed by atoms with Crippen molar-refractivity contribution in [2.24, 2.45) is 0 Å². The van der Waals surface area contributed by atoms with Crippen molar-refractivity contribution in [3.05, 3.63) is 36.4 Å². The number of likely N-dealkylation sites (N-methyl/N-ethyl adjacent to an activating group) is 1. The summed E-state index contributed by atoms with van der Waals surface area (Å²) >= 11 is 0. The Hall–Kier alpha value is -3.10. The Balaban J connectivity index is 1.44. The maximum Gasteiger partial charge on any atom is 0.159 e. The Morgan fingerprint density at radius 3 is 2.79 bits per heavy atom. The van der Waals surface area contributed by atoms with E-state index in [1.165, 1.54) is 5.69 Å². The fraction of sp³-hybridized carbons (Fsp3) is 0.440. The molecule has 2 aromatic heterocycles. The zero-order chi connectivity index (χ0) is 22.9. The molecule has 8 heteroatoms. The summed E-state index contributed by atoms with van der Waals surface area (Å²) in [5.41, 5.74) is 4.86. The molecular weight excluding hydrogens is 416 g/mol. The van der Waals surface area contributed by atoms with Gasteiger partial charge in [-0.15, -0.1) is 0 Å². The molecule has 2 aromatic carbocycles. The molecule has 3 heterocycles. The standard InChI is InChI=1S/C25H32N6O2/c1-5-30(6-2)13-19-14-31(16(3)15-33-19)17-7-9-22-23(11-17)27-25(26-22)24-20-12-18(32-4)8-10-21(20)28-29-24/h7-12,16,19H,5-6,13-15H2,1-4H3,(H,26,27)(H,28,29)/t16-,19-/m1/s1. The highest BCUT2D eigenvalue weighted by molar-refractivity contribution is 5.94. The lowest BCUT2D eigenvalue weighted by atomic mass is 10.1. The van der Waals surface area contributed by atoms with E-state index in [1.807, 2.05) is 18.2 Å². The summed E-state index contributed by atoms with van der Waals surface area (Å²) in [5, 5.41) is 8.58. The van der Waals surface area contributed by atoms with E-state index in [-0.39, 0.29) is 6.10 Å². The first-order chi connectivity index (χ1) is 16.1. The predicted octanol–water partition coefficient (Wildman–Crippen LogP) is 4.05. The van der Waals surface area contributed by atoms with Crippen LogP contribution in [0.3, 0.4) is 0 Å². The van der Waals surface area contributed by atoms with Crippen LogP contribution in [-0.4, -0.2) is 77.1 Å². The smallest absolute Gasteiger partial charge is 0.159 e. The quantitative estimate of drug-likeness (QED) is 0.444. The molecule has 0 unspecified atom stereocenters. The van der Waals surface area contributed by atoms with Crippen molar-refractivity contribution >= 4 is 27.6 Å². The molecule has 0 aliphatic carbocycles. The van der Waals surface area contributed by atoms with Crippen molar-refractivity contribution in [2.75, 3.05) is 44.8 Å². The molecule has 33 heavy (non-hydrogen) atoms. The van der Waals surface area contributed by atoms with Crippen LogP contribution in [0.1, 0.15) is 20.8 Å². The molecule has 1 saturated heterocycles. The number of benzene rings is 2. The molecule has 8 nitrogen and oxygen atoms in total. The maximum absolute atomic E-state index is 6.15. The fourth-order valence-corrected chi connectivity index (χ4v) is 4.65. The number of rotatable bonds is 7. The van der Waals surface area contributed by atoms with Gasteiger partial charge in [0.05, 0.1) is 36.4 Å². The van der Waals surface area contributed by atoms with Gasteiger partial charge in [-0.3, -0.25) is 5.10 Å². The zero-order valence-electron chi connectivity index (χ0n) is 19.8. The normalized spacial score (nSPS) is 19.1. The van der Waals surface area contributed by atoms with Gasteiger partial charge in [0, 0.05) is 30.2 Å². The van der Waals surface area contributed by atoms with E-state index in [9.17, 15) is 0 Å². The molecule has 1 fully saturated rings. The minimum absolute atomic E-state index is 0.208. The summed E-state index contributed by atoms with van der Waals surface area (Å²) in [6.07, 6.45) is 0.208. The highest BCUT2D eigenvalue weighted by Gasteiger charge is 2.27. The molecular formula is C25H32N6O2. The van der Waals surface area contributed by atoms with Gasteiger partial charge in [-0.2, -0.15) is 5.10 Å². The monoisotopic (exact) mass is 448 g/mol. The number of nitrogens with one attached hydrogen (secondary N) is 2. The van der Waals surface area contributed by atoms with E-state index in [1.54, 1.807) is 7.11 Å². The third-order valence-electron chi connectivity index (χ3n) is 6.65. The number of hydrogen-bond acceptors (Lipinski definition) is 6. The third-order valence-corrected chi connectivity index (χ3v) is 6.65. The van der Waals surface area contributed by atoms with E-state index in [0.717, 1.165) is 72.0 Å². The number of ether oxygens (including phenoxy) is 2. The highest BCUT2D eigenvalue weighted by Crippen LogP contribution is 2.31. The lowest BCUT2D eigenvalue weighted by molar-refractivity contribution is 0.00265. The number of fused-ring (bicyclic) bond motifs is 2. The van der Waals surface area contributed by atoms with E-state index in [0.29, 0.717) is 6.04 Å². The van der Waals surface area contributed by atoms with Gasteiger partial charge in [-0.25, -0.2) is 4.98 Å². The summed E-state index contributed by atoms with van der Waals surface area (Å²) in [5.74, 6) is 1.54. The van der Waals surface area contributed by atoms with Crippen LogP contribution < -0.4 is 9.64 Å². The molecule has 0 amide bonds. The van der Waals surface area contributed by atoms with Crippen molar-refractivity contribution in [3.8, 4) is 17.3 Å². The minimum atomic E-state index is 0.208. The second kappa shape index (κ2) is 9.03. The van der Waals surface area contributed by atoms with Crippen LogP contribution in [0.15, 0.2) is 36.4 Å². The van der Waals surface area contributed by atoms with Gasteiger partial charge >= 0.3 is 0 Å². The summed E-state index contributed by atoms with van der Waals surface area (Å²) in [6.45, 7) is 11.3. The first-order valence-electron chi connectivity index (χ1n) is 11.7. The zero-order valence-corrected chi connectivity index (χ0v) is 19.8. The molecule has 5 rings (SSSR count). The Bertz CT molecular complexity index is 1240. The molecule has 1 aliphatic rings. The van der Waals surface area contributed by atoms with Crippen molar-refractivity contribution in [1.29, 1.82) is 0 Å². The Kier molecular flexibility index (Phi) is 5.95. The van der Waals surface area contributed by atoms with Crippen LogP contribution in [0.4, 0.5) is 5.69 Å². The minimum Gasteiger partial charge on any atom is -0.497 e. The SMILES string of the molecule is CCN(CC)C[C@@H]1CN(c2ccc3nc(-c4n[nH]c5ccc(OC)cc45)[nH]c3c2)[C@H](C)CO1. The number of aromatic nitrogens is 4. The molecule has 2 N–H and O–H groups in total. The molecule has 4 aromatic rings. The molecule has 0 radical (unpaired) electrons. The van der Waals surface area contributed by atoms with Gasteiger partial charge in [0.25, 0.3) is 0 Å². The first-order valence-corrected chi connectivity index (χ1v) is 11.7. The molecule has 174 valence electrons. The second-order valence-corrected chi connectivity index (χ2v) is 8.71. The number of aromatic amines is 2. The van der Waals surface area contributed by atoms with Gasteiger partial charge in [-0.1, -0.05) is 13.8 Å². The maximum atomic E-state index is 6.15. The topological polar surface area (TPSA) is 82.3 Å². The van der Waals surface area contributed by atoms with Gasteiger partial charge < -0.3 is 24.3 Å². The van der Waals surface area contributed by atoms with Crippen LogP contribution in [0.25, 0.3) is 33.5 Å². The molecule has 1 aliphatic heterocycles. The number of morpholine rings is 1. The van der Waals surface area contributed by atoms with Crippen molar-refractivity contribution < 1.29 is 9.47 Å². The lowest BCUT2D eigenvalue weighted by Crippen LogP contribution is -2.52. The van der Waals surface area contributed by atoms with Crippen LogP contribution in [0, 0.1) is 0 Å². The average Bonchev–Trinajstić information content (AvgIpc) is 3.46. The Morgan fingerprint density at radius 1 is 1.15 bits per heavy atom. The van der Waals surface area contributed by atoms with E-state index >= 15 is 0 Å². The van der Waals surface area contributed by atoms with E-state index in [2.05, 4.69) is 64.0 Å². The lowest BCUT2D eigenvalue weighted by Gasteiger charge is -2.41. The summed E-state index contributed by atoms with van der Waals surface area (Å²) in [4.78, 5) is 13.2. The van der Waals surface area contributed by atoms with Gasteiger partial charge in [0.1, 0.15) is 11.4 Å². The van der Waals surface area contributed by atoms with Crippen molar-refractivity contribution in [1.82, 2.24) is 25.1 Å². The number of imidazole rings is 1. The van der Waals surface area contributed by atoms with Gasteiger partial charge in [0.15, 0.2) is 5.82 Å². The van der Waals surface area contributed by atoms with Gasteiger partial charge in [-0.05, 0) is 56.4 Å². The van der Waals surface area contributed by atoms with Crippen molar-refractivity contribution in [2.45, 2.75) is 32.9 Å². The number of H-pyrrole nitrogens is 2. The Labute approximate surface area is 193 Å². The molecule has 0 spiro atoms. The van der Waals surface area contributed by atoms with Crippen LogP contribution in [0.2, 0.25) is 0 Å². The third kappa shape index (κ3) is 4.16. The number of hydrogen-bond donors (Lipinski definition) is 2. The largest absolute Gasteiger partial charge is 0.497 e. The molecule has 2 atom stereocenters. The van der Waals surface area contributed by atoms with Crippen molar-refractivity contribution in [3.63, 3.8) is 0 Å². The van der Waals surface area contributed by atoms with E-state index in [4.69, 9.17) is 14.5 Å². The fourth-order valence-electron chi connectivity index (χ4n) is 4.65.